The molecule has 0 N–H and O–H groups in total. The number of hydrogen-bond donors (Lipinski definition) is 0. The molecule has 82 valence electrons. The molecule has 0 bridgehead atoms. The summed E-state index contributed by atoms with van der Waals surface area (Å²) in [7, 11) is 0.504. The summed E-state index contributed by atoms with van der Waals surface area (Å²) in [5.74, 6) is 0.243. The van der Waals surface area contributed by atoms with Gasteiger partial charge in [0.15, 0.2) is 8.24 Å². The molecule has 0 radical (unpaired) electrons. The molecular formula is C11H23NOSi. The van der Waals surface area contributed by atoms with Gasteiger partial charge in [0.2, 0.25) is 5.91 Å². The number of carbonyl (C=O) groups excluding carboxylic acids is 1. The number of amides is 1. The van der Waals surface area contributed by atoms with E-state index in [1.165, 1.54) is 32.1 Å². The SMILES string of the molecule is CC(=O)N(C)[Si](C)(C)C1CCCCC1. The van der Waals surface area contributed by atoms with Crippen LogP contribution in [0, 0.1) is 0 Å². The molecule has 0 aromatic carbocycles. The standard InChI is InChI=1S/C11H23NOSi/c1-10(13)12(2)14(3,4)11-8-6-5-7-9-11/h11H,5-9H2,1-4H3. The van der Waals surface area contributed by atoms with Crippen molar-refractivity contribution in [3.05, 3.63) is 0 Å². The molecular weight excluding hydrogens is 190 g/mol. The van der Waals surface area contributed by atoms with Gasteiger partial charge in [0, 0.05) is 14.0 Å². The molecule has 1 amide bonds. The molecule has 0 unspecified atom stereocenters. The molecule has 0 aromatic heterocycles. The lowest BCUT2D eigenvalue weighted by molar-refractivity contribution is -0.124. The molecule has 2 nitrogen and oxygen atoms in total. The fraction of sp³-hybridized carbons (Fsp3) is 0.909. The molecule has 1 fully saturated rings. The molecule has 1 aliphatic carbocycles. The van der Waals surface area contributed by atoms with Crippen LogP contribution >= 0.6 is 0 Å². The van der Waals surface area contributed by atoms with Gasteiger partial charge < -0.3 is 4.57 Å². The van der Waals surface area contributed by atoms with Crippen LogP contribution in [0.25, 0.3) is 0 Å². The fourth-order valence-corrected chi connectivity index (χ4v) is 5.67. The second-order valence-corrected chi connectivity index (χ2v) is 9.86. The van der Waals surface area contributed by atoms with E-state index in [1.54, 1.807) is 6.92 Å². The highest BCUT2D eigenvalue weighted by Gasteiger charge is 2.37. The van der Waals surface area contributed by atoms with Crippen molar-refractivity contribution in [2.45, 2.75) is 57.7 Å². The Morgan fingerprint density at radius 1 is 1.21 bits per heavy atom. The number of rotatable bonds is 2. The maximum Gasteiger partial charge on any atom is 0.211 e. The fourth-order valence-electron chi connectivity index (χ4n) is 2.49. The first kappa shape index (κ1) is 11.8. The van der Waals surface area contributed by atoms with Crippen LogP contribution in [0.2, 0.25) is 18.6 Å². The minimum atomic E-state index is -1.49. The molecule has 1 aliphatic rings. The van der Waals surface area contributed by atoms with E-state index in [0.29, 0.717) is 0 Å². The van der Waals surface area contributed by atoms with E-state index in [0.717, 1.165) is 5.54 Å². The van der Waals surface area contributed by atoms with Gasteiger partial charge in [-0.1, -0.05) is 45.2 Å². The van der Waals surface area contributed by atoms with Crippen molar-refractivity contribution in [2.24, 2.45) is 0 Å². The van der Waals surface area contributed by atoms with Gasteiger partial charge in [-0.2, -0.15) is 0 Å². The normalized spacial score (nSPS) is 19.4. The highest BCUT2D eigenvalue weighted by molar-refractivity contribution is 6.78. The average Bonchev–Trinajstić information content (AvgIpc) is 2.18. The average molecular weight is 213 g/mol. The summed E-state index contributed by atoms with van der Waals surface area (Å²) in [5, 5.41) is 0. The Morgan fingerprint density at radius 2 is 1.71 bits per heavy atom. The van der Waals surface area contributed by atoms with E-state index in [-0.39, 0.29) is 5.91 Å². The number of hydrogen-bond acceptors (Lipinski definition) is 1. The first-order valence-corrected chi connectivity index (χ1v) is 8.73. The third-order valence-corrected chi connectivity index (χ3v) is 8.56. The third-order valence-electron chi connectivity index (χ3n) is 3.94. The zero-order valence-electron chi connectivity index (χ0n) is 9.97. The monoisotopic (exact) mass is 213 g/mol. The smallest absolute Gasteiger partial charge is 0.211 e. The zero-order valence-corrected chi connectivity index (χ0v) is 11.0. The molecule has 1 saturated carbocycles. The van der Waals surface area contributed by atoms with E-state index < -0.39 is 8.24 Å². The summed E-state index contributed by atoms with van der Waals surface area (Å²) in [5.41, 5.74) is 0.824. The van der Waals surface area contributed by atoms with Crippen molar-refractivity contribution in [3.63, 3.8) is 0 Å². The molecule has 0 aliphatic heterocycles. The second-order valence-electron chi connectivity index (χ2n) is 5.07. The minimum absolute atomic E-state index is 0.243. The zero-order chi connectivity index (χ0) is 10.8. The van der Waals surface area contributed by atoms with Crippen molar-refractivity contribution < 1.29 is 4.79 Å². The molecule has 0 aromatic rings. The van der Waals surface area contributed by atoms with Gasteiger partial charge in [0.25, 0.3) is 0 Å². The van der Waals surface area contributed by atoms with E-state index in [4.69, 9.17) is 0 Å². The predicted octanol–water partition coefficient (Wildman–Crippen LogP) is 3.00. The summed E-state index contributed by atoms with van der Waals surface area (Å²) in [6, 6.07) is 0. The molecule has 1 rings (SSSR count). The van der Waals surface area contributed by atoms with E-state index in [2.05, 4.69) is 13.1 Å². The molecule has 14 heavy (non-hydrogen) atoms. The third kappa shape index (κ3) is 2.38. The first-order valence-electron chi connectivity index (χ1n) is 5.70. The van der Waals surface area contributed by atoms with Gasteiger partial charge in [0.1, 0.15) is 0 Å². The molecule has 0 spiro atoms. The summed E-state index contributed by atoms with van der Waals surface area (Å²) in [6.07, 6.45) is 6.82. The van der Waals surface area contributed by atoms with E-state index >= 15 is 0 Å². The van der Waals surface area contributed by atoms with Crippen LogP contribution in [0.5, 0.6) is 0 Å². The predicted molar refractivity (Wildman–Crippen MR) is 62.8 cm³/mol. The first-order chi connectivity index (χ1) is 6.46. The van der Waals surface area contributed by atoms with Gasteiger partial charge in [-0.15, -0.1) is 0 Å². The molecule has 0 saturated heterocycles. The Bertz CT molecular complexity index is 209. The summed E-state index contributed by atoms with van der Waals surface area (Å²) >= 11 is 0. The lowest BCUT2D eigenvalue weighted by Crippen LogP contribution is -2.52. The van der Waals surface area contributed by atoms with Crippen LogP contribution in [-0.4, -0.2) is 25.8 Å². The van der Waals surface area contributed by atoms with Crippen molar-refractivity contribution in [1.82, 2.24) is 4.57 Å². The number of carbonyl (C=O) groups is 1. The van der Waals surface area contributed by atoms with E-state index in [9.17, 15) is 4.79 Å². The van der Waals surface area contributed by atoms with Crippen molar-refractivity contribution >= 4 is 14.1 Å². The van der Waals surface area contributed by atoms with Crippen LogP contribution in [0.3, 0.4) is 0 Å². The highest BCUT2D eigenvalue weighted by Crippen LogP contribution is 2.38. The van der Waals surface area contributed by atoms with Crippen LogP contribution in [-0.2, 0) is 4.79 Å². The maximum atomic E-state index is 11.4. The molecule has 0 atom stereocenters. The van der Waals surface area contributed by atoms with E-state index in [1.807, 2.05) is 11.6 Å². The van der Waals surface area contributed by atoms with Gasteiger partial charge >= 0.3 is 0 Å². The summed E-state index contributed by atoms with van der Waals surface area (Å²) in [4.78, 5) is 11.4. The Labute approximate surface area is 88.8 Å². The summed E-state index contributed by atoms with van der Waals surface area (Å²) < 4.78 is 2.04. The van der Waals surface area contributed by atoms with Gasteiger partial charge in [-0.25, -0.2) is 0 Å². The lowest BCUT2D eigenvalue weighted by atomic mass is 10.0. The van der Waals surface area contributed by atoms with Crippen LogP contribution < -0.4 is 0 Å². The minimum Gasteiger partial charge on any atom is -0.372 e. The van der Waals surface area contributed by atoms with Crippen molar-refractivity contribution in [3.8, 4) is 0 Å². The van der Waals surface area contributed by atoms with Crippen molar-refractivity contribution in [2.75, 3.05) is 7.05 Å². The Kier molecular flexibility index (Phi) is 3.76. The van der Waals surface area contributed by atoms with Gasteiger partial charge in [-0.3, -0.25) is 4.79 Å². The topological polar surface area (TPSA) is 20.3 Å². The highest BCUT2D eigenvalue weighted by atomic mass is 28.3. The maximum absolute atomic E-state index is 11.4. The number of nitrogens with zero attached hydrogens (tertiary/aromatic N) is 1. The molecule has 3 heteroatoms. The largest absolute Gasteiger partial charge is 0.372 e. The van der Waals surface area contributed by atoms with Crippen LogP contribution in [0.1, 0.15) is 39.0 Å². The Hall–Kier alpha value is -0.313. The quantitative estimate of drug-likeness (QED) is 0.646. The second kappa shape index (κ2) is 4.47. The van der Waals surface area contributed by atoms with Crippen molar-refractivity contribution in [1.29, 1.82) is 0 Å². The van der Waals surface area contributed by atoms with Crippen LogP contribution in [0.15, 0.2) is 0 Å². The Morgan fingerprint density at radius 3 is 2.14 bits per heavy atom. The van der Waals surface area contributed by atoms with Gasteiger partial charge in [-0.05, 0) is 5.54 Å². The summed E-state index contributed by atoms with van der Waals surface area (Å²) in [6.45, 7) is 6.37. The van der Waals surface area contributed by atoms with Gasteiger partial charge in [0.05, 0.1) is 0 Å². The lowest BCUT2D eigenvalue weighted by Gasteiger charge is -2.41. The molecule has 0 heterocycles. The van der Waals surface area contributed by atoms with Crippen LogP contribution in [0.4, 0.5) is 0 Å². The Balaban J connectivity index is 2.66.